The number of nitriles is 1. The largest absolute Gasteiger partial charge is 0.375 e. The Hall–Kier alpha value is -1.09. The standard InChI is InChI=1S/C13H9BrClFN2S/c1-7(10-4-5-11(15)19-10)18-9-3-2-8(6-17)12(14)13(9)16/h2-5,7,18H,1H3. The average Bonchev–Trinajstić information content (AvgIpc) is 2.82. The van der Waals surface area contributed by atoms with Crippen molar-refractivity contribution in [2.75, 3.05) is 5.32 Å². The number of anilines is 1. The van der Waals surface area contributed by atoms with E-state index in [1.54, 1.807) is 12.1 Å². The first-order valence-corrected chi connectivity index (χ1v) is 7.41. The van der Waals surface area contributed by atoms with Crippen LogP contribution in [0.5, 0.6) is 0 Å². The Balaban J connectivity index is 2.25. The predicted octanol–water partition coefficient (Wildman–Crippen LogP) is 5.35. The Morgan fingerprint density at radius 3 is 2.74 bits per heavy atom. The molecule has 1 atom stereocenters. The number of hydrogen-bond donors (Lipinski definition) is 1. The lowest BCUT2D eigenvalue weighted by Gasteiger charge is -2.15. The number of thiophene rings is 1. The molecule has 1 heterocycles. The number of nitrogens with one attached hydrogen (secondary N) is 1. The maximum atomic E-state index is 14.0. The molecule has 0 aliphatic carbocycles. The van der Waals surface area contributed by atoms with E-state index in [2.05, 4.69) is 21.2 Å². The van der Waals surface area contributed by atoms with Crippen molar-refractivity contribution in [3.05, 3.63) is 49.3 Å². The van der Waals surface area contributed by atoms with Gasteiger partial charge in [0.25, 0.3) is 0 Å². The van der Waals surface area contributed by atoms with Crippen LogP contribution in [-0.4, -0.2) is 0 Å². The molecule has 6 heteroatoms. The summed E-state index contributed by atoms with van der Waals surface area (Å²) in [6.07, 6.45) is 0. The lowest BCUT2D eigenvalue weighted by atomic mass is 10.2. The minimum absolute atomic E-state index is 0.0631. The fraction of sp³-hybridized carbons (Fsp3) is 0.154. The van der Waals surface area contributed by atoms with E-state index >= 15 is 0 Å². The molecule has 0 aliphatic heterocycles. The van der Waals surface area contributed by atoms with Gasteiger partial charge in [0.15, 0.2) is 5.82 Å². The summed E-state index contributed by atoms with van der Waals surface area (Å²) < 4.78 is 14.9. The number of benzene rings is 1. The summed E-state index contributed by atoms with van der Waals surface area (Å²) in [6.45, 7) is 1.92. The van der Waals surface area contributed by atoms with Gasteiger partial charge in [-0.15, -0.1) is 11.3 Å². The van der Waals surface area contributed by atoms with Crippen LogP contribution in [0.4, 0.5) is 10.1 Å². The maximum absolute atomic E-state index is 14.0. The smallest absolute Gasteiger partial charge is 0.161 e. The van der Waals surface area contributed by atoms with Gasteiger partial charge in [0, 0.05) is 4.88 Å². The first kappa shape index (κ1) is 14.3. The summed E-state index contributed by atoms with van der Waals surface area (Å²) in [5.74, 6) is -0.464. The van der Waals surface area contributed by atoms with Crippen molar-refractivity contribution in [3.63, 3.8) is 0 Å². The number of rotatable bonds is 3. The SMILES string of the molecule is CC(Nc1ccc(C#N)c(Br)c1F)c1ccc(Cl)s1. The molecule has 98 valence electrons. The van der Waals surface area contributed by atoms with E-state index in [0.717, 1.165) is 4.88 Å². The van der Waals surface area contributed by atoms with E-state index < -0.39 is 5.82 Å². The second-order valence-corrected chi connectivity index (χ2v) is 6.45. The zero-order valence-corrected chi connectivity index (χ0v) is 13.0. The van der Waals surface area contributed by atoms with Crippen LogP contribution in [-0.2, 0) is 0 Å². The minimum Gasteiger partial charge on any atom is -0.375 e. The molecule has 0 aliphatic rings. The van der Waals surface area contributed by atoms with E-state index in [1.165, 1.54) is 11.3 Å². The van der Waals surface area contributed by atoms with Gasteiger partial charge in [-0.2, -0.15) is 5.26 Å². The third-order valence-electron chi connectivity index (χ3n) is 2.60. The van der Waals surface area contributed by atoms with Crippen molar-refractivity contribution in [2.24, 2.45) is 0 Å². The van der Waals surface area contributed by atoms with E-state index in [1.807, 2.05) is 25.1 Å². The molecule has 0 saturated heterocycles. The Kier molecular flexibility index (Phi) is 4.46. The highest BCUT2D eigenvalue weighted by atomic mass is 79.9. The highest BCUT2D eigenvalue weighted by Gasteiger charge is 2.14. The summed E-state index contributed by atoms with van der Waals surface area (Å²) in [6, 6.07) is 8.71. The van der Waals surface area contributed by atoms with Gasteiger partial charge in [-0.3, -0.25) is 0 Å². The third-order valence-corrected chi connectivity index (χ3v) is 4.78. The van der Waals surface area contributed by atoms with Crippen LogP contribution in [0.25, 0.3) is 0 Å². The molecule has 0 saturated carbocycles. The molecule has 0 bridgehead atoms. The van der Waals surface area contributed by atoms with E-state index in [4.69, 9.17) is 16.9 Å². The topological polar surface area (TPSA) is 35.8 Å². The molecule has 1 aromatic carbocycles. The first-order valence-electron chi connectivity index (χ1n) is 5.42. The highest BCUT2D eigenvalue weighted by molar-refractivity contribution is 9.10. The van der Waals surface area contributed by atoms with Crippen molar-refractivity contribution in [3.8, 4) is 6.07 Å². The lowest BCUT2D eigenvalue weighted by molar-refractivity contribution is 0.620. The van der Waals surface area contributed by atoms with Crippen LogP contribution in [0.3, 0.4) is 0 Å². The van der Waals surface area contributed by atoms with Gasteiger partial charge in [-0.05, 0) is 47.1 Å². The molecule has 1 N–H and O–H groups in total. The van der Waals surface area contributed by atoms with Gasteiger partial charge in [0.2, 0.25) is 0 Å². The molecule has 0 radical (unpaired) electrons. The van der Waals surface area contributed by atoms with Gasteiger partial charge >= 0.3 is 0 Å². The van der Waals surface area contributed by atoms with Crippen LogP contribution >= 0.6 is 38.9 Å². The van der Waals surface area contributed by atoms with Gasteiger partial charge < -0.3 is 5.32 Å². The van der Waals surface area contributed by atoms with Crippen molar-refractivity contribution in [1.29, 1.82) is 5.26 Å². The predicted molar refractivity (Wildman–Crippen MR) is 80.2 cm³/mol. The summed E-state index contributed by atoms with van der Waals surface area (Å²) in [5.41, 5.74) is 0.623. The van der Waals surface area contributed by atoms with Crippen LogP contribution < -0.4 is 5.32 Å². The quantitative estimate of drug-likeness (QED) is 0.802. The van der Waals surface area contributed by atoms with Crippen LogP contribution in [0.1, 0.15) is 23.4 Å². The molecule has 2 nitrogen and oxygen atoms in total. The van der Waals surface area contributed by atoms with E-state index in [-0.39, 0.29) is 16.1 Å². The molecular formula is C13H9BrClFN2S. The molecule has 2 rings (SSSR count). The molecular weight excluding hydrogens is 351 g/mol. The Morgan fingerprint density at radius 1 is 1.42 bits per heavy atom. The van der Waals surface area contributed by atoms with Crippen molar-refractivity contribution in [2.45, 2.75) is 13.0 Å². The van der Waals surface area contributed by atoms with Crippen molar-refractivity contribution < 1.29 is 4.39 Å². The molecule has 0 fully saturated rings. The zero-order valence-electron chi connectivity index (χ0n) is 9.88. The maximum Gasteiger partial charge on any atom is 0.161 e. The Morgan fingerprint density at radius 2 is 2.16 bits per heavy atom. The lowest BCUT2D eigenvalue weighted by Crippen LogP contribution is -2.07. The highest BCUT2D eigenvalue weighted by Crippen LogP contribution is 2.32. The normalized spacial score (nSPS) is 11.9. The van der Waals surface area contributed by atoms with Gasteiger partial charge in [-0.25, -0.2) is 4.39 Å². The van der Waals surface area contributed by atoms with E-state index in [0.29, 0.717) is 10.0 Å². The fourth-order valence-electron chi connectivity index (χ4n) is 1.61. The first-order chi connectivity index (χ1) is 9.02. The molecule has 19 heavy (non-hydrogen) atoms. The van der Waals surface area contributed by atoms with Gasteiger partial charge in [-0.1, -0.05) is 11.6 Å². The fourth-order valence-corrected chi connectivity index (χ4v) is 3.11. The average molecular weight is 360 g/mol. The summed E-state index contributed by atoms with van der Waals surface area (Å²) >= 11 is 10.4. The number of hydrogen-bond acceptors (Lipinski definition) is 3. The number of halogens is 3. The second kappa shape index (κ2) is 5.91. The number of nitrogens with zero attached hydrogens (tertiary/aromatic N) is 1. The summed E-state index contributed by atoms with van der Waals surface area (Å²) in [7, 11) is 0. The minimum atomic E-state index is -0.464. The Bertz CT molecular complexity index is 651. The van der Waals surface area contributed by atoms with Gasteiger partial charge in [0.1, 0.15) is 6.07 Å². The molecule has 0 amide bonds. The van der Waals surface area contributed by atoms with Crippen LogP contribution in [0.2, 0.25) is 4.34 Å². The summed E-state index contributed by atoms with van der Waals surface area (Å²) in [4.78, 5) is 1.02. The zero-order chi connectivity index (χ0) is 14.0. The van der Waals surface area contributed by atoms with Crippen LogP contribution in [0, 0.1) is 17.1 Å². The molecule has 2 aromatic rings. The molecule has 1 unspecified atom stereocenters. The van der Waals surface area contributed by atoms with Gasteiger partial charge in [0.05, 0.1) is 26.1 Å². The van der Waals surface area contributed by atoms with Crippen LogP contribution in [0.15, 0.2) is 28.7 Å². The monoisotopic (exact) mass is 358 g/mol. The molecule has 0 spiro atoms. The second-order valence-electron chi connectivity index (χ2n) is 3.91. The van der Waals surface area contributed by atoms with E-state index in [9.17, 15) is 4.39 Å². The molecule has 1 aromatic heterocycles. The summed E-state index contributed by atoms with van der Waals surface area (Å²) in [5, 5.41) is 11.9. The van der Waals surface area contributed by atoms with Crippen molar-refractivity contribution in [1.82, 2.24) is 0 Å². The Labute approximate surface area is 128 Å². The van der Waals surface area contributed by atoms with Crippen molar-refractivity contribution >= 4 is 44.6 Å². The third kappa shape index (κ3) is 3.08.